The van der Waals surface area contributed by atoms with Gasteiger partial charge in [-0.15, -0.1) is 0 Å². The van der Waals surface area contributed by atoms with Gasteiger partial charge in [-0.1, -0.05) is 30.3 Å². The SMILES string of the molecule is Cc1ccc(C)c(S(=O)N2CCC(c3nc(-c4cc5ccccc5[nH]4)c4c(N)nccn34)CC2)c1. The average Bonchev–Trinajstić information content (AvgIpc) is 3.48. The van der Waals surface area contributed by atoms with Gasteiger partial charge in [0.2, 0.25) is 0 Å². The molecular formula is C27H28N6OS. The smallest absolute Gasteiger partial charge is 0.150 e. The number of nitrogens with zero attached hydrogens (tertiary/aromatic N) is 4. The van der Waals surface area contributed by atoms with Gasteiger partial charge in [0.05, 0.1) is 10.6 Å². The van der Waals surface area contributed by atoms with E-state index in [1.165, 1.54) is 0 Å². The van der Waals surface area contributed by atoms with Gasteiger partial charge in [-0.2, -0.15) is 0 Å². The zero-order chi connectivity index (χ0) is 24.1. The van der Waals surface area contributed by atoms with E-state index in [1.807, 2.05) is 38.2 Å². The Kier molecular flexibility index (Phi) is 5.42. The van der Waals surface area contributed by atoms with Crippen LogP contribution in [0.1, 0.15) is 35.7 Å². The first-order chi connectivity index (χ1) is 17.0. The Bertz CT molecular complexity index is 1540. The quantitative estimate of drug-likeness (QED) is 0.376. The van der Waals surface area contributed by atoms with Crippen LogP contribution in [0.2, 0.25) is 0 Å². The highest BCUT2D eigenvalue weighted by atomic mass is 32.2. The van der Waals surface area contributed by atoms with Crippen LogP contribution in [0.3, 0.4) is 0 Å². The highest BCUT2D eigenvalue weighted by Crippen LogP contribution is 2.36. The van der Waals surface area contributed by atoms with Crippen molar-refractivity contribution in [3.05, 3.63) is 77.9 Å². The number of hydrogen-bond acceptors (Lipinski definition) is 4. The van der Waals surface area contributed by atoms with Crippen LogP contribution in [0.5, 0.6) is 0 Å². The van der Waals surface area contributed by atoms with Gasteiger partial charge in [-0.3, -0.25) is 4.40 Å². The van der Waals surface area contributed by atoms with E-state index in [-0.39, 0.29) is 5.92 Å². The number of rotatable bonds is 4. The van der Waals surface area contributed by atoms with Crippen LogP contribution in [0.25, 0.3) is 27.8 Å². The van der Waals surface area contributed by atoms with Crippen molar-refractivity contribution in [3.8, 4) is 11.4 Å². The van der Waals surface area contributed by atoms with Crippen molar-refractivity contribution < 1.29 is 4.21 Å². The second-order valence-corrected chi connectivity index (χ2v) is 10.8. The van der Waals surface area contributed by atoms with E-state index in [0.29, 0.717) is 5.82 Å². The maximum absolute atomic E-state index is 13.3. The number of aromatic amines is 1. The van der Waals surface area contributed by atoms with Crippen LogP contribution in [0.15, 0.2) is 65.8 Å². The molecule has 6 rings (SSSR count). The summed E-state index contributed by atoms with van der Waals surface area (Å²) in [6.45, 7) is 5.57. The molecule has 3 aromatic heterocycles. The maximum atomic E-state index is 13.3. The first-order valence-corrected chi connectivity index (χ1v) is 13.0. The molecule has 1 atom stereocenters. The molecule has 1 aliphatic heterocycles. The molecule has 8 heteroatoms. The summed E-state index contributed by atoms with van der Waals surface area (Å²) in [7, 11) is -1.16. The predicted octanol–water partition coefficient (Wildman–Crippen LogP) is 4.98. The number of imidazole rings is 1. The van der Waals surface area contributed by atoms with Crippen LogP contribution in [0, 0.1) is 13.8 Å². The van der Waals surface area contributed by atoms with E-state index < -0.39 is 11.0 Å². The zero-order valence-corrected chi connectivity index (χ0v) is 20.7. The lowest BCUT2D eigenvalue weighted by Crippen LogP contribution is -2.35. The van der Waals surface area contributed by atoms with Crippen LogP contribution in [0.4, 0.5) is 5.82 Å². The number of para-hydroxylation sites is 1. The number of nitrogen functional groups attached to an aromatic ring is 1. The van der Waals surface area contributed by atoms with E-state index in [9.17, 15) is 4.21 Å². The van der Waals surface area contributed by atoms with Crippen LogP contribution >= 0.6 is 0 Å². The lowest BCUT2D eigenvalue weighted by molar-refractivity contribution is 0.327. The molecule has 178 valence electrons. The number of piperidine rings is 1. The van der Waals surface area contributed by atoms with Crippen LogP contribution in [-0.4, -0.2) is 41.0 Å². The third-order valence-electron chi connectivity index (χ3n) is 6.98. The predicted molar refractivity (Wildman–Crippen MR) is 141 cm³/mol. The first kappa shape index (κ1) is 22.0. The fraction of sp³-hybridized carbons (Fsp3) is 0.259. The Morgan fingerprint density at radius 2 is 1.89 bits per heavy atom. The summed E-state index contributed by atoms with van der Waals surface area (Å²) < 4.78 is 17.5. The molecule has 5 aromatic rings. The van der Waals surface area contributed by atoms with Gasteiger partial charge >= 0.3 is 0 Å². The van der Waals surface area contributed by atoms with E-state index in [0.717, 1.165) is 75.6 Å². The van der Waals surface area contributed by atoms with Gasteiger partial charge in [-0.05, 0) is 56.0 Å². The molecule has 0 bridgehead atoms. The van der Waals surface area contributed by atoms with Crippen molar-refractivity contribution in [1.29, 1.82) is 0 Å². The first-order valence-electron chi connectivity index (χ1n) is 11.9. The summed E-state index contributed by atoms with van der Waals surface area (Å²) in [5.41, 5.74) is 12.2. The number of H-pyrrole nitrogens is 1. The summed E-state index contributed by atoms with van der Waals surface area (Å²) in [6, 6.07) is 16.5. The van der Waals surface area contributed by atoms with E-state index in [2.05, 4.69) is 49.0 Å². The molecule has 4 heterocycles. The molecule has 2 aromatic carbocycles. The second-order valence-electron chi connectivity index (χ2n) is 9.34. The monoisotopic (exact) mass is 484 g/mol. The van der Waals surface area contributed by atoms with Crippen LogP contribution < -0.4 is 5.73 Å². The molecule has 1 unspecified atom stereocenters. The Balaban J connectivity index is 1.32. The molecule has 0 amide bonds. The molecule has 35 heavy (non-hydrogen) atoms. The third kappa shape index (κ3) is 3.83. The van der Waals surface area contributed by atoms with E-state index in [1.54, 1.807) is 6.20 Å². The minimum absolute atomic E-state index is 0.245. The lowest BCUT2D eigenvalue weighted by atomic mass is 9.97. The molecule has 0 aliphatic carbocycles. The van der Waals surface area contributed by atoms with E-state index in [4.69, 9.17) is 10.7 Å². The summed E-state index contributed by atoms with van der Waals surface area (Å²) in [5, 5.41) is 1.13. The highest BCUT2D eigenvalue weighted by Gasteiger charge is 2.29. The van der Waals surface area contributed by atoms with E-state index >= 15 is 0 Å². The molecule has 3 N–H and O–H groups in total. The number of aryl methyl sites for hydroxylation is 2. The fourth-order valence-corrected chi connectivity index (χ4v) is 6.53. The molecule has 1 saturated heterocycles. The zero-order valence-electron chi connectivity index (χ0n) is 19.9. The largest absolute Gasteiger partial charge is 0.382 e. The van der Waals surface area contributed by atoms with Crippen molar-refractivity contribution in [2.24, 2.45) is 0 Å². The number of aromatic nitrogens is 4. The van der Waals surface area contributed by atoms with Crippen molar-refractivity contribution >= 4 is 33.2 Å². The lowest BCUT2D eigenvalue weighted by Gasteiger charge is -2.30. The summed E-state index contributed by atoms with van der Waals surface area (Å²) >= 11 is 0. The molecule has 0 spiro atoms. The van der Waals surface area contributed by atoms with Crippen molar-refractivity contribution in [2.45, 2.75) is 37.5 Å². The van der Waals surface area contributed by atoms with Gasteiger partial charge in [0.15, 0.2) is 0 Å². The number of nitrogens with two attached hydrogens (primary N) is 1. The Morgan fingerprint density at radius 1 is 1.09 bits per heavy atom. The van der Waals surface area contributed by atoms with Crippen LogP contribution in [-0.2, 0) is 11.0 Å². The van der Waals surface area contributed by atoms with Gasteiger partial charge < -0.3 is 10.7 Å². The molecule has 1 fully saturated rings. The minimum Gasteiger partial charge on any atom is -0.382 e. The van der Waals surface area contributed by atoms with Crippen molar-refractivity contribution in [3.63, 3.8) is 0 Å². The molecule has 7 nitrogen and oxygen atoms in total. The number of anilines is 1. The van der Waals surface area contributed by atoms with Gasteiger partial charge in [0.1, 0.15) is 33.8 Å². The molecule has 0 saturated carbocycles. The van der Waals surface area contributed by atoms with Crippen molar-refractivity contribution in [1.82, 2.24) is 23.7 Å². The van der Waals surface area contributed by atoms with Gasteiger partial charge in [-0.25, -0.2) is 18.5 Å². The minimum atomic E-state index is -1.16. The Labute approximate surface area is 206 Å². The standard InChI is InChI=1S/C27H28N6OS/c1-17-7-8-18(2)23(15-17)35(34)32-12-9-19(10-13-32)27-31-24(25-26(28)29-11-14-33(25)27)22-16-20-5-3-4-6-21(20)30-22/h3-8,11,14-16,19,30H,9-10,12-13H2,1-2H3,(H2,28,29). The topological polar surface area (TPSA) is 92.3 Å². The Morgan fingerprint density at radius 3 is 2.69 bits per heavy atom. The number of benzene rings is 2. The average molecular weight is 485 g/mol. The summed E-state index contributed by atoms with van der Waals surface area (Å²) in [5.74, 6) is 1.70. The second kappa shape index (κ2) is 8.62. The molecule has 0 radical (unpaired) electrons. The summed E-state index contributed by atoms with van der Waals surface area (Å²) in [6.07, 6.45) is 5.43. The van der Waals surface area contributed by atoms with Crippen molar-refractivity contribution in [2.75, 3.05) is 18.8 Å². The molecule has 1 aliphatic rings. The highest BCUT2D eigenvalue weighted by molar-refractivity contribution is 7.82. The van der Waals surface area contributed by atoms with Gasteiger partial charge in [0.25, 0.3) is 0 Å². The normalized spacial score (nSPS) is 16.3. The molecular weight excluding hydrogens is 456 g/mol. The maximum Gasteiger partial charge on any atom is 0.150 e. The summed E-state index contributed by atoms with van der Waals surface area (Å²) in [4.78, 5) is 13.9. The fourth-order valence-electron chi connectivity index (χ4n) is 5.08. The van der Waals surface area contributed by atoms with Gasteiger partial charge in [0, 0.05) is 42.3 Å². The Hall–Kier alpha value is -3.49. The third-order valence-corrected chi connectivity index (χ3v) is 8.63. The number of hydrogen-bond donors (Lipinski definition) is 2. The number of nitrogens with one attached hydrogen (secondary N) is 1. The number of fused-ring (bicyclic) bond motifs is 2.